The highest BCUT2D eigenvalue weighted by Gasteiger charge is 2.17. The number of hydrogen-bond donors (Lipinski definition) is 1. The Labute approximate surface area is 220 Å². The largest absolute Gasteiger partial charge is 0.378 e. The van der Waals surface area contributed by atoms with Gasteiger partial charge in [-0.05, 0) is 67.8 Å². The quantitative estimate of drug-likeness (QED) is 0.283. The van der Waals surface area contributed by atoms with Gasteiger partial charge in [0.15, 0.2) is 5.82 Å². The van der Waals surface area contributed by atoms with Gasteiger partial charge in [-0.2, -0.15) is 0 Å². The van der Waals surface area contributed by atoms with Crippen LogP contribution in [-0.2, 0) is 7.05 Å². The Kier molecular flexibility index (Phi) is 6.76. The maximum atomic E-state index is 13.5. The Hall–Kier alpha value is -4.04. The van der Waals surface area contributed by atoms with Crippen molar-refractivity contribution in [3.05, 3.63) is 94.6 Å². The average Bonchev–Trinajstić information content (AvgIpc) is 2.91. The van der Waals surface area contributed by atoms with Crippen LogP contribution in [0.5, 0.6) is 0 Å². The van der Waals surface area contributed by atoms with Gasteiger partial charge in [0.1, 0.15) is 5.82 Å². The van der Waals surface area contributed by atoms with Crippen LogP contribution in [0.1, 0.15) is 29.9 Å². The molecule has 0 aliphatic rings. The molecule has 0 radical (unpaired) electrons. The van der Waals surface area contributed by atoms with E-state index < -0.39 is 0 Å². The maximum Gasteiger partial charge on any atom is 0.258 e. The molecule has 1 N–H and O–H groups in total. The summed E-state index contributed by atoms with van der Waals surface area (Å²) >= 11 is 1.71. The molecule has 0 aliphatic heterocycles. The van der Waals surface area contributed by atoms with E-state index in [-0.39, 0.29) is 11.6 Å². The number of benzene rings is 2. The van der Waals surface area contributed by atoms with Crippen molar-refractivity contribution in [3.8, 4) is 22.6 Å². The molecule has 3 heterocycles. The van der Waals surface area contributed by atoms with Crippen LogP contribution in [0.3, 0.4) is 0 Å². The zero-order valence-electron chi connectivity index (χ0n) is 21.5. The SMILES string of the molecule is CSc1ccccc1NC(C)c1cc(C)cc2c(=O)n(C)c(-c3cnc(-c4cnc(C)nc4)nc3)cc12. The van der Waals surface area contributed by atoms with E-state index in [4.69, 9.17) is 0 Å². The number of para-hydroxylation sites is 1. The second kappa shape index (κ2) is 10.1. The van der Waals surface area contributed by atoms with Gasteiger partial charge in [-0.3, -0.25) is 4.79 Å². The van der Waals surface area contributed by atoms with E-state index in [1.807, 2.05) is 32.0 Å². The Bertz CT molecular complexity index is 1650. The summed E-state index contributed by atoms with van der Waals surface area (Å²) in [5.74, 6) is 1.23. The molecule has 7 nitrogen and oxygen atoms in total. The molecule has 0 aliphatic carbocycles. The van der Waals surface area contributed by atoms with Crippen molar-refractivity contribution in [1.82, 2.24) is 24.5 Å². The second-order valence-electron chi connectivity index (χ2n) is 9.09. The molecule has 5 aromatic rings. The van der Waals surface area contributed by atoms with E-state index in [0.717, 1.165) is 39.0 Å². The number of rotatable bonds is 6. The molecule has 0 spiro atoms. The average molecular weight is 509 g/mol. The van der Waals surface area contributed by atoms with Crippen molar-refractivity contribution in [3.63, 3.8) is 0 Å². The summed E-state index contributed by atoms with van der Waals surface area (Å²) in [6.45, 7) is 5.99. The third-order valence-electron chi connectivity index (χ3n) is 6.47. The highest BCUT2D eigenvalue weighted by atomic mass is 32.2. The molecule has 0 amide bonds. The molecule has 8 heteroatoms. The highest BCUT2D eigenvalue weighted by Crippen LogP contribution is 2.33. The Morgan fingerprint density at radius 2 is 1.57 bits per heavy atom. The van der Waals surface area contributed by atoms with Gasteiger partial charge in [-0.15, -0.1) is 11.8 Å². The van der Waals surface area contributed by atoms with Crippen molar-refractivity contribution in [1.29, 1.82) is 0 Å². The van der Waals surface area contributed by atoms with E-state index >= 15 is 0 Å². The van der Waals surface area contributed by atoms with Gasteiger partial charge in [0.05, 0.1) is 11.3 Å². The minimum Gasteiger partial charge on any atom is -0.378 e. The fourth-order valence-corrected chi connectivity index (χ4v) is 5.08. The number of aromatic nitrogens is 5. The molecule has 0 saturated heterocycles. The summed E-state index contributed by atoms with van der Waals surface area (Å²) in [4.78, 5) is 32.2. The summed E-state index contributed by atoms with van der Waals surface area (Å²) in [6, 6.07) is 14.4. The van der Waals surface area contributed by atoms with E-state index in [1.165, 1.54) is 4.90 Å². The van der Waals surface area contributed by atoms with E-state index in [9.17, 15) is 4.79 Å². The molecular formula is C29H28N6OS. The summed E-state index contributed by atoms with van der Waals surface area (Å²) < 4.78 is 1.67. The van der Waals surface area contributed by atoms with Gasteiger partial charge >= 0.3 is 0 Å². The molecule has 0 saturated carbocycles. The lowest BCUT2D eigenvalue weighted by Crippen LogP contribution is -2.20. The molecule has 0 bridgehead atoms. The minimum atomic E-state index is -0.0508. The lowest BCUT2D eigenvalue weighted by molar-refractivity contribution is 0.870. The smallest absolute Gasteiger partial charge is 0.258 e. The summed E-state index contributed by atoms with van der Waals surface area (Å²) in [6.07, 6.45) is 8.98. The second-order valence-corrected chi connectivity index (χ2v) is 9.94. The lowest BCUT2D eigenvalue weighted by Gasteiger charge is -2.21. The molecule has 5 rings (SSSR count). The number of aryl methyl sites for hydroxylation is 2. The normalized spacial score (nSPS) is 12.0. The monoisotopic (exact) mass is 508 g/mol. The van der Waals surface area contributed by atoms with Crippen LogP contribution < -0.4 is 10.9 Å². The fourth-order valence-electron chi connectivity index (χ4n) is 4.51. The molecule has 1 unspecified atom stereocenters. The van der Waals surface area contributed by atoms with Crippen LogP contribution in [-0.4, -0.2) is 30.8 Å². The molecule has 0 fully saturated rings. The third-order valence-corrected chi connectivity index (χ3v) is 7.26. The van der Waals surface area contributed by atoms with E-state index in [2.05, 4.69) is 62.7 Å². The predicted molar refractivity (Wildman–Crippen MR) is 151 cm³/mol. The first-order valence-corrected chi connectivity index (χ1v) is 13.2. The number of thioether (sulfide) groups is 1. The summed E-state index contributed by atoms with van der Waals surface area (Å²) in [5, 5.41) is 5.27. The zero-order chi connectivity index (χ0) is 26.1. The van der Waals surface area contributed by atoms with Crippen LogP contribution in [0.15, 0.2) is 76.9 Å². The highest BCUT2D eigenvalue weighted by molar-refractivity contribution is 7.98. The van der Waals surface area contributed by atoms with Gasteiger partial charge in [-0.1, -0.05) is 18.2 Å². The number of hydrogen-bond acceptors (Lipinski definition) is 7. The van der Waals surface area contributed by atoms with Gasteiger partial charge in [-0.25, -0.2) is 19.9 Å². The maximum absolute atomic E-state index is 13.5. The van der Waals surface area contributed by atoms with Crippen molar-refractivity contribution in [2.24, 2.45) is 7.05 Å². The van der Waals surface area contributed by atoms with Crippen molar-refractivity contribution in [2.45, 2.75) is 31.7 Å². The first-order chi connectivity index (χ1) is 17.9. The number of pyridine rings is 1. The fraction of sp³-hybridized carbons (Fsp3) is 0.207. The number of anilines is 1. The topological polar surface area (TPSA) is 85.6 Å². The van der Waals surface area contributed by atoms with Gasteiger partial charge in [0.25, 0.3) is 5.56 Å². The number of nitrogens with one attached hydrogen (secondary N) is 1. The number of nitrogens with zero attached hydrogens (tertiary/aromatic N) is 5. The molecule has 186 valence electrons. The van der Waals surface area contributed by atoms with E-state index in [1.54, 1.807) is 48.2 Å². The Morgan fingerprint density at radius 1 is 0.892 bits per heavy atom. The first kappa shape index (κ1) is 24.6. The minimum absolute atomic E-state index is 0.0178. The Balaban J connectivity index is 1.59. The van der Waals surface area contributed by atoms with Crippen LogP contribution in [0, 0.1) is 13.8 Å². The Morgan fingerprint density at radius 3 is 2.27 bits per heavy atom. The zero-order valence-corrected chi connectivity index (χ0v) is 22.3. The predicted octanol–water partition coefficient (Wildman–Crippen LogP) is 5.96. The lowest BCUT2D eigenvalue weighted by atomic mass is 9.96. The molecule has 2 aromatic carbocycles. The molecule has 1 atom stereocenters. The van der Waals surface area contributed by atoms with Crippen molar-refractivity contribution in [2.75, 3.05) is 11.6 Å². The van der Waals surface area contributed by atoms with Crippen LogP contribution in [0.4, 0.5) is 5.69 Å². The van der Waals surface area contributed by atoms with Crippen LogP contribution in [0.2, 0.25) is 0 Å². The molecular weight excluding hydrogens is 480 g/mol. The van der Waals surface area contributed by atoms with Gasteiger partial charge in [0, 0.05) is 59.4 Å². The molecule has 3 aromatic heterocycles. The summed E-state index contributed by atoms with van der Waals surface area (Å²) in [7, 11) is 1.79. The van der Waals surface area contributed by atoms with E-state index in [0.29, 0.717) is 17.0 Å². The van der Waals surface area contributed by atoms with Crippen LogP contribution >= 0.6 is 11.8 Å². The van der Waals surface area contributed by atoms with Crippen LogP contribution in [0.25, 0.3) is 33.4 Å². The van der Waals surface area contributed by atoms with Crippen molar-refractivity contribution < 1.29 is 0 Å². The van der Waals surface area contributed by atoms with Crippen molar-refractivity contribution >= 4 is 28.2 Å². The first-order valence-electron chi connectivity index (χ1n) is 12.0. The summed E-state index contributed by atoms with van der Waals surface area (Å²) in [5.41, 5.74) is 5.40. The molecule has 37 heavy (non-hydrogen) atoms. The standard InChI is InChI=1S/C29H28N6OS/c1-17-10-22(18(2)34-25-8-6-7-9-27(25)37-5)23-12-26(35(4)29(36)24(23)11-17)20-13-32-28(33-14-20)21-15-30-19(3)31-16-21/h6-16,18,34H,1-5H3. The van der Waals surface area contributed by atoms with Gasteiger partial charge < -0.3 is 9.88 Å². The third kappa shape index (κ3) is 4.84. The van der Waals surface area contributed by atoms with Gasteiger partial charge in [0.2, 0.25) is 0 Å². The number of fused-ring (bicyclic) bond motifs is 1.